The molecular formula is C14H18ClN3O2. The van der Waals surface area contributed by atoms with Crippen LogP contribution in [0.25, 0.3) is 10.9 Å². The number of amidine groups is 1. The Bertz CT molecular complexity index is 637. The molecule has 0 spiro atoms. The standard InChI is InChI=1S/C14H17N3O2.ClH/c1-19-11-2-3-12-10(8-11)9-13-14(16-5-7-18)15-4-6-17(12)13;/h2-3,8-9,18H,4-7H2,1H3,(H,15,16);1H. The molecule has 2 aromatic rings. The van der Waals surface area contributed by atoms with Gasteiger partial charge in [-0.2, -0.15) is 0 Å². The van der Waals surface area contributed by atoms with Crippen LogP contribution in [0.2, 0.25) is 0 Å². The van der Waals surface area contributed by atoms with Crippen LogP contribution in [0.5, 0.6) is 5.75 Å². The third-order valence-electron chi connectivity index (χ3n) is 3.35. The van der Waals surface area contributed by atoms with E-state index in [0.717, 1.165) is 35.8 Å². The molecule has 0 unspecified atom stereocenters. The highest BCUT2D eigenvalue weighted by Gasteiger charge is 2.17. The summed E-state index contributed by atoms with van der Waals surface area (Å²) in [5.74, 6) is 1.72. The Balaban J connectivity index is 0.00000147. The van der Waals surface area contributed by atoms with Crippen molar-refractivity contribution in [2.45, 2.75) is 6.54 Å². The lowest BCUT2D eigenvalue weighted by atomic mass is 10.2. The van der Waals surface area contributed by atoms with E-state index in [1.54, 1.807) is 7.11 Å². The van der Waals surface area contributed by atoms with Crippen LogP contribution in [-0.4, -0.2) is 42.3 Å². The first-order valence-electron chi connectivity index (χ1n) is 6.40. The molecule has 108 valence electrons. The topological polar surface area (TPSA) is 58.8 Å². The Labute approximate surface area is 123 Å². The quantitative estimate of drug-likeness (QED) is 0.900. The molecule has 2 N–H and O–H groups in total. The van der Waals surface area contributed by atoms with E-state index in [0.29, 0.717) is 6.54 Å². The van der Waals surface area contributed by atoms with Crippen molar-refractivity contribution in [2.24, 2.45) is 4.99 Å². The zero-order valence-corrected chi connectivity index (χ0v) is 12.1. The highest BCUT2D eigenvalue weighted by molar-refractivity contribution is 6.02. The first kappa shape index (κ1) is 14.7. The van der Waals surface area contributed by atoms with Gasteiger partial charge in [-0.1, -0.05) is 0 Å². The lowest BCUT2D eigenvalue weighted by molar-refractivity contribution is 0.300. The van der Waals surface area contributed by atoms with Crippen molar-refractivity contribution in [3.8, 4) is 5.75 Å². The summed E-state index contributed by atoms with van der Waals surface area (Å²) >= 11 is 0. The van der Waals surface area contributed by atoms with E-state index in [2.05, 4.69) is 27.0 Å². The SMILES string of the molecule is COc1ccc2c(c1)cc1n2CCN=C1NCCO.Cl. The van der Waals surface area contributed by atoms with Crippen LogP contribution in [0.4, 0.5) is 0 Å². The first-order chi connectivity index (χ1) is 9.33. The highest BCUT2D eigenvalue weighted by atomic mass is 35.5. The number of benzene rings is 1. The number of halogens is 1. The number of aromatic nitrogens is 1. The molecule has 0 bridgehead atoms. The van der Waals surface area contributed by atoms with Crippen LogP contribution in [-0.2, 0) is 6.54 Å². The van der Waals surface area contributed by atoms with Crippen LogP contribution in [0.15, 0.2) is 29.3 Å². The molecule has 2 heterocycles. The van der Waals surface area contributed by atoms with E-state index in [9.17, 15) is 0 Å². The van der Waals surface area contributed by atoms with Gasteiger partial charge < -0.3 is 19.7 Å². The minimum absolute atomic E-state index is 0. The summed E-state index contributed by atoms with van der Waals surface area (Å²) < 4.78 is 7.51. The number of hydrogen-bond donors (Lipinski definition) is 2. The number of nitrogens with zero attached hydrogens (tertiary/aromatic N) is 2. The van der Waals surface area contributed by atoms with Gasteiger partial charge in [0.25, 0.3) is 0 Å². The average Bonchev–Trinajstić information content (AvgIpc) is 2.83. The van der Waals surface area contributed by atoms with Crippen molar-refractivity contribution in [3.63, 3.8) is 0 Å². The molecule has 0 saturated carbocycles. The third kappa shape index (κ3) is 2.46. The summed E-state index contributed by atoms with van der Waals surface area (Å²) in [4.78, 5) is 4.49. The Kier molecular flexibility index (Phi) is 4.52. The molecule has 0 saturated heterocycles. The summed E-state index contributed by atoms with van der Waals surface area (Å²) in [6.45, 7) is 2.27. The second-order valence-corrected chi connectivity index (χ2v) is 4.49. The Morgan fingerprint density at radius 2 is 2.25 bits per heavy atom. The van der Waals surface area contributed by atoms with Gasteiger partial charge in [-0.15, -0.1) is 12.4 Å². The first-order valence-corrected chi connectivity index (χ1v) is 6.40. The molecule has 1 aromatic carbocycles. The van der Waals surface area contributed by atoms with E-state index >= 15 is 0 Å². The number of rotatable bonds is 3. The maximum atomic E-state index is 8.91. The summed E-state index contributed by atoms with van der Waals surface area (Å²) in [6.07, 6.45) is 0. The predicted octanol–water partition coefficient (Wildman–Crippen LogP) is 1.41. The van der Waals surface area contributed by atoms with E-state index < -0.39 is 0 Å². The van der Waals surface area contributed by atoms with Crippen LogP contribution in [0.3, 0.4) is 0 Å². The monoisotopic (exact) mass is 295 g/mol. The van der Waals surface area contributed by atoms with Crippen LogP contribution < -0.4 is 10.1 Å². The number of fused-ring (bicyclic) bond motifs is 3. The molecule has 1 aliphatic rings. The number of aliphatic hydroxyl groups excluding tert-OH is 1. The maximum Gasteiger partial charge on any atom is 0.145 e. The van der Waals surface area contributed by atoms with Crippen LogP contribution in [0, 0.1) is 0 Å². The van der Waals surface area contributed by atoms with Gasteiger partial charge in [-0.3, -0.25) is 4.99 Å². The van der Waals surface area contributed by atoms with Crippen molar-refractivity contribution in [1.82, 2.24) is 9.88 Å². The Morgan fingerprint density at radius 1 is 1.40 bits per heavy atom. The number of aliphatic hydroxyl groups is 1. The zero-order chi connectivity index (χ0) is 13.2. The number of hydrogen-bond acceptors (Lipinski definition) is 4. The van der Waals surface area contributed by atoms with Crippen molar-refractivity contribution >= 4 is 29.1 Å². The molecule has 3 rings (SSSR count). The molecule has 20 heavy (non-hydrogen) atoms. The van der Waals surface area contributed by atoms with E-state index in [1.165, 1.54) is 5.52 Å². The molecule has 0 fully saturated rings. The molecule has 0 radical (unpaired) electrons. The number of nitrogens with one attached hydrogen (secondary N) is 1. The fourth-order valence-electron chi connectivity index (χ4n) is 2.48. The fourth-order valence-corrected chi connectivity index (χ4v) is 2.48. The minimum Gasteiger partial charge on any atom is -0.497 e. The maximum absolute atomic E-state index is 8.91. The lowest BCUT2D eigenvalue weighted by Gasteiger charge is -2.17. The lowest BCUT2D eigenvalue weighted by Crippen LogP contribution is -2.32. The molecular weight excluding hydrogens is 278 g/mol. The van der Waals surface area contributed by atoms with Crippen LogP contribution >= 0.6 is 12.4 Å². The number of ether oxygens (including phenoxy) is 1. The molecule has 0 atom stereocenters. The molecule has 0 amide bonds. The highest BCUT2D eigenvalue weighted by Crippen LogP contribution is 2.26. The van der Waals surface area contributed by atoms with E-state index in [-0.39, 0.29) is 19.0 Å². The van der Waals surface area contributed by atoms with Crippen molar-refractivity contribution in [2.75, 3.05) is 26.8 Å². The third-order valence-corrected chi connectivity index (χ3v) is 3.35. The summed E-state index contributed by atoms with van der Waals surface area (Å²) in [5, 5.41) is 13.2. The minimum atomic E-state index is 0. The van der Waals surface area contributed by atoms with Crippen molar-refractivity contribution < 1.29 is 9.84 Å². The van der Waals surface area contributed by atoms with Gasteiger partial charge in [-0.05, 0) is 24.3 Å². The zero-order valence-electron chi connectivity index (χ0n) is 11.3. The molecule has 5 nitrogen and oxygen atoms in total. The van der Waals surface area contributed by atoms with E-state index in [4.69, 9.17) is 9.84 Å². The second-order valence-electron chi connectivity index (χ2n) is 4.49. The Morgan fingerprint density at radius 3 is 3.00 bits per heavy atom. The van der Waals surface area contributed by atoms with Crippen molar-refractivity contribution in [1.29, 1.82) is 0 Å². The summed E-state index contributed by atoms with van der Waals surface area (Å²) in [7, 11) is 1.67. The van der Waals surface area contributed by atoms with Gasteiger partial charge in [-0.25, -0.2) is 0 Å². The van der Waals surface area contributed by atoms with Crippen LogP contribution in [0.1, 0.15) is 5.69 Å². The summed E-state index contributed by atoms with van der Waals surface area (Å²) in [6, 6.07) is 8.19. The fraction of sp³-hybridized carbons (Fsp3) is 0.357. The molecule has 1 aromatic heterocycles. The van der Waals surface area contributed by atoms with Gasteiger partial charge in [0.2, 0.25) is 0 Å². The normalized spacial score (nSPS) is 13.4. The van der Waals surface area contributed by atoms with Gasteiger partial charge in [0.05, 0.1) is 26.0 Å². The molecule has 0 aliphatic carbocycles. The van der Waals surface area contributed by atoms with Gasteiger partial charge in [0, 0.05) is 24.0 Å². The Hall–Kier alpha value is -1.72. The molecule has 6 heteroatoms. The smallest absolute Gasteiger partial charge is 0.145 e. The van der Waals surface area contributed by atoms with Gasteiger partial charge >= 0.3 is 0 Å². The number of methoxy groups -OCH3 is 1. The summed E-state index contributed by atoms with van der Waals surface area (Å²) in [5.41, 5.74) is 2.26. The second kappa shape index (κ2) is 6.15. The number of aliphatic imine (C=N–C) groups is 1. The van der Waals surface area contributed by atoms with Gasteiger partial charge in [0.1, 0.15) is 11.6 Å². The predicted molar refractivity (Wildman–Crippen MR) is 82.2 cm³/mol. The molecule has 1 aliphatic heterocycles. The largest absolute Gasteiger partial charge is 0.497 e. The average molecular weight is 296 g/mol. The van der Waals surface area contributed by atoms with E-state index in [1.807, 2.05) is 12.1 Å². The van der Waals surface area contributed by atoms with Gasteiger partial charge in [0.15, 0.2) is 0 Å². The van der Waals surface area contributed by atoms with Crippen molar-refractivity contribution in [3.05, 3.63) is 30.0 Å².